The molecule has 0 aromatic rings. The zero-order valence-electron chi connectivity index (χ0n) is 14.0. The highest BCUT2D eigenvalue weighted by molar-refractivity contribution is 5.91. The van der Waals surface area contributed by atoms with Gasteiger partial charge in [-0.3, -0.25) is 0 Å². The van der Waals surface area contributed by atoms with Crippen LogP contribution in [0.5, 0.6) is 0 Å². The van der Waals surface area contributed by atoms with E-state index < -0.39 is 0 Å². The summed E-state index contributed by atoms with van der Waals surface area (Å²) in [6.45, 7) is 6.58. The number of esters is 1. The van der Waals surface area contributed by atoms with E-state index in [-0.39, 0.29) is 12.6 Å². The fourth-order valence-electron chi connectivity index (χ4n) is 2.67. The van der Waals surface area contributed by atoms with Crippen molar-refractivity contribution in [2.45, 2.75) is 33.1 Å². The SMILES string of the molecule is CCOC(=O)C=Cc1cc(CCO)c2cccc(C(C)C)cc1-2. The summed E-state index contributed by atoms with van der Waals surface area (Å²) in [7, 11) is 0. The van der Waals surface area contributed by atoms with Crippen molar-refractivity contribution in [3.63, 3.8) is 0 Å². The predicted octanol–water partition coefficient (Wildman–Crippen LogP) is 4.03. The number of rotatable bonds is 6. The molecule has 3 heteroatoms. The molecule has 0 radical (unpaired) electrons. The second-order valence-electron chi connectivity index (χ2n) is 5.84. The third-order valence-electron chi connectivity index (χ3n) is 3.87. The van der Waals surface area contributed by atoms with Gasteiger partial charge in [-0.2, -0.15) is 0 Å². The highest BCUT2D eigenvalue weighted by Gasteiger charge is 2.14. The van der Waals surface area contributed by atoms with Gasteiger partial charge < -0.3 is 9.84 Å². The van der Waals surface area contributed by atoms with Crippen molar-refractivity contribution in [1.29, 1.82) is 0 Å². The molecule has 23 heavy (non-hydrogen) atoms. The average molecular weight is 312 g/mol. The summed E-state index contributed by atoms with van der Waals surface area (Å²) >= 11 is 0. The molecular weight excluding hydrogens is 288 g/mol. The quantitative estimate of drug-likeness (QED) is 0.647. The first-order valence-electron chi connectivity index (χ1n) is 8.08. The molecule has 0 spiro atoms. The summed E-state index contributed by atoms with van der Waals surface area (Å²) in [4.78, 5) is 11.6. The van der Waals surface area contributed by atoms with Gasteiger partial charge in [-0.25, -0.2) is 4.79 Å². The third-order valence-corrected chi connectivity index (χ3v) is 3.87. The summed E-state index contributed by atoms with van der Waals surface area (Å²) in [5, 5.41) is 9.29. The first-order valence-corrected chi connectivity index (χ1v) is 8.08. The van der Waals surface area contributed by atoms with E-state index in [1.807, 2.05) is 6.07 Å². The lowest BCUT2D eigenvalue weighted by molar-refractivity contribution is -0.137. The summed E-state index contributed by atoms with van der Waals surface area (Å²) in [6, 6.07) is 10.5. The lowest BCUT2D eigenvalue weighted by atomic mass is 10.0. The van der Waals surface area contributed by atoms with Crippen LogP contribution in [0.4, 0.5) is 0 Å². The molecular formula is C20H24O3. The molecule has 2 rings (SSSR count). The van der Waals surface area contributed by atoms with Crippen molar-refractivity contribution in [2.24, 2.45) is 0 Å². The molecule has 0 saturated carbocycles. The van der Waals surface area contributed by atoms with E-state index in [0.717, 1.165) is 22.3 Å². The van der Waals surface area contributed by atoms with Crippen LogP contribution in [0.15, 0.2) is 36.4 Å². The predicted molar refractivity (Wildman–Crippen MR) is 93.6 cm³/mol. The Kier molecular flexibility index (Phi) is 5.94. The molecule has 0 heterocycles. The fraction of sp³-hybridized carbons (Fsp3) is 0.350. The molecule has 0 fully saturated rings. The van der Waals surface area contributed by atoms with E-state index in [9.17, 15) is 9.90 Å². The van der Waals surface area contributed by atoms with Crippen LogP contribution in [0.25, 0.3) is 17.2 Å². The normalized spacial score (nSPS) is 11.5. The highest BCUT2D eigenvalue weighted by atomic mass is 16.5. The zero-order chi connectivity index (χ0) is 16.8. The summed E-state index contributed by atoms with van der Waals surface area (Å²) in [6.07, 6.45) is 3.86. The van der Waals surface area contributed by atoms with Gasteiger partial charge in [0.15, 0.2) is 0 Å². The largest absolute Gasteiger partial charge is 0.463 e. The number of ether oxygens (including phenoxy) is 1. The molecule has 3 nitrogen and oxygen atoms in total. The molecule has 122 valence electrons. The number of hydrogen-bond acceptors (Lipinski definition) is 3. The Morgan fingerprint density at radius 3 is 2.70 bits per heavy atom. The molecule has 0 atom stereocenters. The van der Waals surface area contributed by atoms with Gasteiger partial charge in [0.1, 0.15) is 0 Å². The Labute approximate surface area is 137 Å². The molecule has 0 unspecified atom stereocenters. The first kappa shape index (κ1) is 17.2. The minimum absolute atomic E-state index is 0.107. The third kappa shape index (κ3) is 4.20. The molecule has 2 aliphatic carbocycles. The van der Waals surface area contributed by atoms with Crippen LogP contribution in [0, 0.1) is 0 Å². The number of carbonyl (C=O) groups is 1. The molecule has 0 amide bonds. The Morgan fingerprint density at radius 2 is 2.04 bits per heavy atom. The van der Waals surface area contributed by atoms with Gasteiger partial charge in [0, 0.05) is 12.7 Å². The average Bonchev–Trinajstić information content (AvgIpc) is 2.70. The summed E-state index contributed by atoms with van der Waals surface area (Å²) in [5.74, 6) is 0.0821. The van der Waals surface area contributed by atoms with E-state index in [2.05, 4.69) is 38.1 Å². The number of carbonyl (C=O) groups excluding carboxylic acids is 1. The lowest BCUT2D eigenvalue weighted by Gasteiger charge is -2.04. The molecule has 0 bridgehead atoms. The van der Waals surface area contributed by atoms with Crippen molar-refractivity contribution >= 4 is 12.0 Å². The molecule has 0 aromatic heterocycles. The van der Waals surface area contributed by atoms with Crippen LogP contribution in [-0.2, 0) is 16.0 Å². The molecule has 0 aliphatic heterocycles. The van der Waals surface area contributed by atoms with Gasteiger partial charge in [0.25, 0.3) is 0 Å². The first-order chi connectivity index (χ1) is 11.1. The standard InChI is InChI=1S/C20H24O3/c1-4-23-20(22)9-8-16-12-17(10-11-21)18-7-5-6-15(14(2)3)13-19(16)18/h5-9,12-14,21H,4,10-11H2,1-3H3. The van der Waals surface area contributed by atoms with E-state index in [1.165, 1.54) is 11.6 Å². The Morgan fingerprint density at radius 1 is 1.26 bits per heavy atom. The van der Waals surface area contributed by atoms with Gasteiger partial charge in [-0.1, -0.05) is 44.2 Å². The lowest BCUT2D eigenvalue weighted by Crippen LogP contribution is -1.98. The van der Waals surface area contributed by atoms with Gasteiger partial charge in [0.2, 0.25) is 0 Å². The molecule has 2 aliphatic rings. The van der Waals surface area contributed by atoms with Gasteiger partial charge >= 0.3 is 5.97 Å². The molecule has 0 aromatic carbocycles. The smallest absolute Gasteiger partial charge is 0.330 e. The van der Waals surface area contributed by atoms with E-state index >= 15 is 0 Å². The Hall–Kier alpha value is -2.13. The second-order valence-corrected chi connectivity index (χ2v) is 5.84. The number of fused-ring (bicyclic) bond motifs is 1. The van der Waals surface area contributed by atoms with Crippen LogP contribution < -0.4 is 0 Å². The van der Waals surface area contributed by atoms with Crippen LogP contribution in [-0.4, -0.2) is 24.3 Å². The van der Waals surface area contributed by atoms with E-state index in [4.69, 9.17) is 4.74 Å². The zero-order valence-corrected chi connectivity index (χ0v) is 14.0. The molecule has 1 N–H and O–H groups in total. The van der Waals surface area contributed by atoms with E-state index in [1.54, 1.807) is 13.0 Å². The number of aliphatic hydroxyl groups is 1. The maximum absolute atomic E-state index is 11.6. The summed E-state index contributed by atoms with van der Waals surface area (Å²) in [5.41, 5.74) is 5.54. The van der Waals surface area contributed by atoms with Crippen LogP contribution in [0.2, 0.25) is 0 Å². The van der Waals surface area contributed by atoms with Gasteiger partial charge in [-0.15, -0.1) is 0 Å². The molecule has 0 saturated heterocycles. The van der Waals surface area contributed by atoms with Crippen LogP contribution in [0.1, 0.15) is 43.4 Å². The fourth-order valence-corrected chi connectivity index (χ4v) is 2.67. The maximum atomic E-state index is 11.6. The van der Waals surface area contributed by atoms with Crippen molar-refractivity contribution in [3.05, 3.63) is 53.1 Å². The van der Waals surface area contributed by atoms with Crippen LogP contribution >= 0.6 is 0 Å². The minimum Gasteiger partial charge on any atom is -0.463 e. The second kappa shape index (κ2) is 7.93. The van der Waals surface area contributed by atoms with Crippen molar-refractivity contribution in [3.8, 4) is 11.1 Å². The minimum atomic E-state index is -0.338. The Balaban J connectivity index is 2.49. The number of aliphatic hydroxyl groups excluding tert-OH is 1. The maximum Gasteiger partial charge on any atom is 0.330 e. The van der Waals surface area contributed by atoms with Crippen molar-refractivity contribution in [1.82, 2.24) is 0 Å². The van der Waals surface area contributed by atoms with Crippen molar-refractivity contribution in [2.75, 3.05) is 13.2 Å². The van der Waals surface area contributed by atoms with Crippen LogP contribution in [0.3, 0.4) is 0 Å². The Bertz CT molecular complexity index is 671. The summed E-state index contributed by atoms with van der Waals surface area (Å²) < 4.78 is 4.94. The number of hydrogen-bond donors (Lipinski definition) is 1. The van der Waals surface area contributed by atoms with E-state index in [0.29, 0.717) is 18.9 Å². The van der Waals surface area contributed by atoms with Gasteiger partial charge in [0.05, 0.1) is 6.61 Å². The monoisotopic (exact) mass is 312 g/mol. The highest BCUT2D eigenvalue weighted by Crippen LogP contribution is 2.35. The van der Waals surface area contributed by atoms with Gasteiger partial charge in [-0.05, 0) is 53.2 Å². The topological polar surface area (TPSA) is 46.5 Å². The van der Waals surface area contributed by atoms with Crippen molar-refractivity contribution < 1.29 is 14.6 Å².